The van der Waals surface area contributed by atoms with Crippen molar-refractivity contribution in [2.24, 2.45) is 5.73 Å². The molecule has 0 aliphatic rings. The summed E-state index contributed by atoms with van der Waals surface area (Å²) in [5.74, 6) is 0.102. The van der Waals surface area contributed by atoms with Crippen molar-refractivity contribution < 1.29 is 9.90 Å². The molecule has 0 bridgehead atoms. The predicted octanol–water partition coefficient (Wildman–Crippen LogP) is 3.26. The number of rotatable bonds is 7. The average Bonchev–Trinajstić information content (AvgIpc) is 3.08. The fourth-order valence-corrected chi connectivity index (χ4v) is 3.67. The minimum Gasteiger partial charge on any atom is -0.508 e. The van der Waals surface area contributed by atoms with Crippen LogP contribution in [-0.4, -0.2) is 26.9 Å². The van der Waals surface area contributed by atoms with Crippen LogP contribution in [0.4, 0.5) is 0 Å². The second kappa shape index (κ2) is 8.79. The number of carbonyl (C=O) groups excluding carboxylic acids is 1. The smallest absolute Gasteiger partial charge is 0.240 e. The Morgan fingerprint density at radius 2 is 1.81 bits per heavy atom. The van der Waals surface area contributed by atoms with Gasteiger partial charge in [0.1, 0.15) is 5.75 Å². The summed E-state index contributed by atoms with van der Waals surface area (Å²) in [5, 5.41) is 9.41. The van der Waals surface area contributed by atoms with E-state index in [9.17, 15) is 9.90 Å². The second-order valence-corrected chi connectivity index (χ2v) is 7.46. The van der Waals surface area contributed by atoms with Crippen molar-refractivity contribution in [3.05, 3.63) is 81.8 Å². The monoisotopic (exact) mass is 381 g/mol. The van der Waals surface area contributed by atoms with Gasteiger partial charge in [-0.2, -0.15) is 0 Å². The first-order valence-corrected chi connectivity index (χ1v) is 9.66. The molecule has 0 saturated heterocycles. The van der Waals surface area contributed by atoms with Gasteiger partial charge in [0.15, 0.2) is 0 Å². The number of thiazole rings is 1. The Kier molecular flexibility index (Phi) is 6.21. The van der Waals surface area contributed by atoms with Crippen LogP contribution in [0.25, 0.3) is 0 Å². The van der Waals surface area contributed by atoms with Crippen LogP contribution in [0.2, 0.25) is 0 Å². The molecule has 1 aromatic heterocycles. The quantitative estimate of drug-likeness (QED) is 0.658. The molecule has 1 atom stereocenters. The van der Waals surface area contributed by atoms with E-state index in [1.54, 1.807) is 46.0 Å². The zero-order valence-corrected chi connectivity index (χ0v) is 16.0. The fraction of sp³-hybridized carbons (Fsp3) is 0.238. The van der Waals surface area contributed by atoms with E-state index >= 15 is 0 Å². The van der Waals surface area contributed by atoms with Gasteiger partial charge < -0.3 is 15.7 Å². The highest BCUT2D eigenvalue weighted by Gasteiger charge is 2.23. The van der Waals surface area contributed by atoms with Gasteiger partial charge in [-0.3, -0.25) is 4.79 Å². The van der Waals surface area contributed by atoms with Crippen molar-refractivity contribution in [2.75, 3.05) is 0 Å². The summed E-state index contributed by atoms with van der Waals surface area (Å²) in [6.45, 7) is 2.95. The predicted molar refractivity (Wildman–Crippen MR) is 107 cm³/mol. The maximum atomic E-state index is 13.1. The summed E-state index contributed by atoms with van der Waals surface area (Å²) in [6.07, 6.45) is 0.423. The van der Waals surface area contributed by atoms with Gasteiger partial charge in [0.05, 0.1) is 23.8 Å². The van der Waals surface area contributed by atoms with Crippen LogP contribution < -0.4 is 5.73 Å². The lowest BCUT2D eigenvalue weighted by Gasteiger charge is -2.26. The van der Waals surface area contributed by atoms with E-state index in [1.807, 2.05) is 37.3 Å². The minimum absolute atomic E-state index is 0.0975. The second-order valence-electron chi connectivity index (χ2n) is 6.52. The summed E-state index contributed by atoms with van der Waals surface area (Å²) in [5.41, 5.74) is 11.0. The number of nitrogens with two attached hydrogens (primary N) is 1. The molecule has 0 fully saturated rings. The third kappa shape index (κ3) is 5.15. The van der Waals surface area contributed by atoms with Gasteiger partial charge in [-0.1, -0.05) is 42.5 Å². The zero-order valence-electron chi connectivity index (χ0n) is 15.2. The third-order valence-electron chi connectivity index (χ3n) is 4.42. The molecule has 27 heavy (non-hydrogen) atoms. The molecule has 0 unspecified atom stereocenters. The number of nitrogens with zero attached hydrogens (tertiary/aromatic N) is 2. The normalized spacial score (nSPS) is 11.9. The van der Waals surface area contributed by atoms with Crippen LogP contribution >= 0.6 is 11.3 Å². The van der Waals surface area contributed by atoms with Gasteiger partial charge >= 0.3 is 0 Å². The van der Waals surface area contributed by atoms with Gasteiger partial charge in [-0.15, -0.1) is 11.3 Å². The minimum atomic E-state index is -0.647. The molecule has 0 radical (unpaired) electrons. The first-order chi connectivity index (χ1) is 13.0. The number of amides is 1. The molecule has 0 saturated carbocycles. The number of aromatic hydroxyl groups is 1. The van der Waals surface area contributed by atoms with Crippen LogP contribution in [0, 0.1) is 6.92 Å². The largest absolute Gasteiger partial charge is 0.508 e. The van der Waals surface area contributed by atoms with E-state index in [2.05, 4.69) is 4.98 Å². The summed E-state index contributed by atoms with van der Waals surface area (Å²) in [6, 6.07) is 16.0. The molecule has 1 amide bonds. The Balaban J connectivity index is 1.76. The first kappa shape index (κ1) is 19.1. The number of hydrogen-bond acceptors (Lipinski definition) is 5. The molecule has 6 heteroatoms. The highest BCUT2D eigenvalue weighted by atomic mass is 32.1. The Bertz CT molecular complexity index is 878. The van der Waals surface area contributed by atoms with Gasteiger partial charge in [0.25, 0.3) is 0 Å². The molecule has 0 aliphatic heterocycles. The van der Waals surface area contributed by atoms with Crippen LogP contribution in [-0.2, 0) is 24.3 Å². The van der Waals surface area contributed by atoms with Gasteiger partial charge in [0, 0.05) is 11.4 Å². The maximum Gasteiger partial charge on any atom is 0.240 e. The molecule has 3 rings (SSSR count). The first-order valence-electron chi connectivity index (χ1n) is 8.78. The van der Waals surface area contributed by atoms with E-state index in [0.717, 1.165) is 21.7 Å². The van der Waals surface area contributed by atoms with Crippen molar-refractivity contribution in [1.82, 2.24) is 9.88 Å². The number of phenolic OH excluding ortho intramolecular Hbond substituents is 1. The SMILES string of the molecule is Cc1ncsc1CN(Cc1ccccc1)C(=O)[C@@H](N)Cc1ccc(O)cc1. The lowest BCUT2D eigenvalue weighted by atomic mass is 10.0. The summed E-state index contributed by atoms with van der Waals surface area (Å²) in [4.78, 5) is 20.2. The van der Waals surface area contributed by atoms with Crippen LogP contribution in [0.3, 0.4) is 0 Å². The standard InChI is InChI=1S/C21H23N3O2S/c1-15-20(27-14-23-15)13-24(12-17-5-3-2-4-6-17)21(26)19(22)11-16-7-9-18(25)10-8-16/h2-10,14,19,25H,11-13,22H2,1H3/t19-/m0/s1. The maximum absolute atomic E-state index is 13.1. The van der Waals surface area contributed by atoms with E-state index in [1.165, 1.54) is 0 Å². The van der Waals surface area contributed by atoms with Crippen LogP contribution in [0.5, 0.6) is 5.75 Å². The van der Waals surface area contributed by atoms with E-state index < -0.39 is 6.04 Å². The number of phenols is 1. The molecule has 140 valence electrons. The molecule has 3 N–H and O–H groups in total. The molecular formula is C21H23N3O2S. The van der Waals surface area contributed by atoms with E-state index in [0.29, 0.717) is 19.5 Å². The number of aryl methyl sites for hydroxylation is 1. The molecule has 0 aliphatic carbocycles. The molecule has 3 aromatic rings. The third-order valence-corrected chi connectivity index (χ3v) is 5.34. The van der Waals surface area contributed by atoms with E-state index in [4.69, 9.17) is 5.73 Å². The zero-order chi connectivity index (χ0) is 19.2. The summed E-state index contributed by atoms with van der Waals surface area (Å²) < 4.78 is 0. The van der Waals surface area contributed by atoms with Crippen molar-refractivity contribution in [1.29, 1.82) is 0 Å². The van der Waals surface area contributed by atoms with Gasteiger partial charge in [0.2, 0.25) is 5.91 Å². The fourth-order valence-electron chi connectivity index (χ4n) is 2.87. The molecule has 5 nitrogen and oxygen atoms in total. The summed E-state index contributed by atoms with van der Waals surface area (Å²) >= 11 is 1.55. The number of hydrogen-bond donors (Lipinski definition) is 2. The van der Waals surface area contributed by atoms with Crippen LogP contribution in [0.15, 0.2) is 60.1 Å². The molecule has 1 heterocycles. The Morgan fingerprint density at radius 1 is 1.11 bits per heavy atom. The van der Waals surface area contributed by atoms with Crippen molar-refractivity contribution in [3.63, 3.8) is 0 Å². The van der Waals surface area contributed by atoms with E-state index in [-0.39, 0.29) is 11.7 Å². The van der Waals surface area contributed by atoms with Crippen LogP contribution in [0.1, 0.15) is 21.7 Å². The van der Waals surface area contributed by atoms with Crippen molar-refractivity contribution in [3.8, 4) is 5.75 Å². The lowest BCUT2D eigenvalue weighted by molar-refractivity contribution is -0.133. The highest BCUT2D eigenvalue weighted by molar-refractivity contribution is 7.09. The Labute approximate surface area is 163 Å². The number of benzene rings is 2. The molecule has 2 aromatic carbocycles. The molecular weight excluding hydrogens is 358 g/mol. The van der Waals surface area contributed by atoms with Crippen molar-refractivity contribution in [2.45, 2.75) is 32.5 Å². The van der Waals surface area contributed by atoms with Crippen molar-refractivity contribution >= 4 is 17.2 Å². The Hall–Kier alpha value is -2.70. The lowest BCUT2D eigenvalue weighted by Crippen LogP contribution is -2.44. The molecule has 0 spiro atoms. The number of carbonyl (C=O) groups is 1. The number of aromatic nitrogens is 1. The topological polar surface area (TPSA) is 79.5 Å². The van der Waals surface area contributed by atoms with Gasteiger partial charge in [-0.05, 0) is 36.6 Å². The highest BCUT2D eigenvalue weighted by Crippen LogP contribution is 2.19. The Morgan fingerprint density at radius 3 is 2.44 bits per heavy atom. The average molecular weight is 382 g/mol. The summed E-state index contributed by atoms with van der Waals surface area (Å²) in [7, 11) is 0. The van der Waals surface area contributed by atoms with Gasteiger partial charge in [-0.25, -0.2) is 4.98 Å².